The van der Waals surface area contributed by atoms with Gasteiger partial charge in [-0.15, -0.1) is 0 Å². The highest BCUT2D eigenvalue weighted by Crippen LogP contribution is 2.37. The van der Waals surface area contributed by atoms with Crippen LogP contribution in [0.4, 0.5) is 0 Å². The number of aliphatic carboxylic acids is 1. The number of ether oxygens (including phenoxy) is 1. The van der Waals surface area contributed by atoms with Crippen molar-refractivity contribution in [3.05, 3.63) is 0 Å². The van der Waals surface area contributed by atoms with Gasteiger partial charge in [-0.05, 0) is 25.7 Å². The third-order valence-electron chi connectivity index (χ3n) is 5.00. The number of rotatable bonds is 2. The molecule has 1 heterocycles. The molecule has 2 saturated carbocycles. The quantitative estimate of drug-likeness (QED) is 0.816. The van der Waals surface area contributed by atoms with Crippen LogP contribution in [0, 0.1) is 5.92 Å². The van der Waals surface area contributed by atoms with Gasteiger partial charge < -0.3 is 9.84 Å². The maximum Gasteiger partial charge on any atom is 0.308 e. The van der Waals surface area contributed by atoms with Crippen LogP contribution in [-0.2, 0) is 9.53 Å². The van der Waals surface area contributed by atoms with Gasteiger partial charge in [0.25, 0.3) is 0 Å². The van der Waals surface area contributed by atoms with E-state index in [9.17, 15) is 9.90 Å². The van der Waals surface area contributed by atoms with Crippen LogP contribution in [0.1, 0.15) is 44.9 Å². The van der Waals surface area contributed by atoms with Crippen LogP contribution in [0.15, 0.2) is 0 Å². The van der Waals surface area contributed by atoms with E-state index in [2.05, 4.69) is 4.90 Å². The molecular formula is C14H23NO3. The van der Waals surface area contributed by atoms with Gasteiger partial charge in [-0.2, -0.15) is 0 Å². The van der Waals surface area contributed by atoms with Crippen LogP contribution in [0.3, 0.4) is 0 Å². The van der Waals surface area contributed by atoms with Crippen molar-refractivity contribution in [3.63, 3.8) is 0 Å². The molecule has 1 N–H and O–H groups in total. The number of morpholine rings is 1. The lowest BCUT2D eigenvalue weighted by Gasteiger charge is -2.47. The molecule has 1 aliphatic heterocycles. The molecule has 3 aliphatic rings. The van der Waals surface area contributed by atoms with E-state index in [1.165, 1.54) is 19.3 Å². The molecule has 2 aliphatic carbocycles. The maximum atomic E-state index is 11.4. The third kappa shape index (κ3) is 2.16. The first-order valence-corrected chi connectivity index (χ1v) is 7.37. The van der Waals surface area contributed by atoms with Crippen molar-refractivity contribution >= 4 is 5.97 Å². The fraction of sp³-hybridized carbons (Fsp3) is 0.929. The Labute approximate surface area is 108 Å². The van der Waals surface area contributed by atoms with E-state index in [1.54, 1.807) is 0 Å². The van der Waals surface area contributed by atoms with Crippen molar-refractivity contribution in [3.8, 4) is 0 Å². The Morgan fingerprint density at radius 1 is 1.06 bits per heavy atom. The maximum absolute atomic E-state index is 11.4. The summed E-state index contributed by atoms with van der Waals surface area (Å²) in [5, 5.41) is 9.35. The smallest absolute Gasteiger partial charge is 0.308 e. The van der Waals surface area contributed by atoms with Crippen LogP contribution in [0.5, 0.6) is 0 Å². The van der Waals surface area contributed by atoms with Crippen molar-refractivity contribution in [2.24, 2.45) is 5.92 Å². The molecule has 3 fully saturated rings. The number of carbonyl (C=O) groups is 1. The lowest BCUT2D eigenvalue weighted by Crippen LogP contribution is -2.57. The number of hydrogen-bond donors (Lipinski definition) is 1. The molecule has 0 amide bonds. The molecule has 4 unspecified atom stereocenters. The normalized spacial score (nSPS) is 41.6. The molecule has 0 aromatic rings. The van der Waals surface area contributed by atoms with Gasteiger partial charge in [0.1, 0.15) is 0 Å². The summed E-state index contributed by atoms with van der Waals surface area (Å²) in [5.74, 6) is -0.748. The number of carboxylic acid groups (broad SMARTS) is 1. The highest BCUT2D eigenvalue weighted by molar-refractivity contribution is 5.71. The van der Waals surface area contributed by atoms with Gasteiger partial charge in [0, 0.05) is 18.6 Å². The summed E-state index contributed by atoms with van der Waals surface area (Å²) in [6.07, 6.45) is 8.22. The molecule has 4 nitrogen and oxygen atoms in total. The van der Waals surface area contributed by atoms with Gasteiger partial charge in [0.05, 0.1) is 18.6 Å². The van der Waals surface area contributed by atoms with E-state index in [4.69, 9.17) is 4.74 Å². The molecule has 4 heteroatoms. The molecule has 0 aromatic heterocycles. The Morgan fingerprint density at radius 2 is 1.83 bits per heavy atom. The van der Waals surface area contributed by atoms with Crippen LogP contribution in [0.25, 0.3) is 0 Å². The second-order valence-corrected chi connectivity index (χ2v) is 5.94. The third-order valence-corrected chi connectivity index (χ3v) is 5.00. The van der Waals surface area contributed by atoms with E-state index >= 15 is 0 Å². The van der Waals surface area contributed by atoms with Crippen molar-refractivity contribution in [2.45, 2.75) is 63.1 Å². The monoisotopic (exact) mass is 253 g/mol. The highest BCUT2D eigenvalue weighted by atomic mass is 16.5. The van der Waals surface area contributed by atoms with Gasteiger partial charge in [0.15, 0.2) is 0 Å². The standard InChI is InChI=1S/C14H23NO3/c16-14(17)10-4-3-6-11(10)15-8-9-18-13-7-2-1-5-12(13)15/h10-13H,1-9H2,(H,16,17). The zero-order valence-electron chi connectivity index (χ0n) is 10.9. The van der Waals surface area contributed by atoms with E-state index in [0.717, 1.165) is 38.8 Å². The fourth-order valence-corrected chi connectivity index (χ4v) is 4.16. The number of nitrogens with zero attached hydrogens (tertiary/aromatic N) is 1. The molecule has 0 spiro atoms. The minimum absolute atomic E-state index is 0.148. The zero-order chi connectivity index (χ0) is 12.5. The van der Waals surface area contributed by atoms with Gasteiger partial charge in [-0.3, -0.25) is 9.69 Å². The summed E-state index contributed by atoms with van der Waals surface area (Å²) in [5.41, 5.74) is 0. The molecule has 0 radical (unpaired) electrons. The molecule has 3 rings (SSSR count). The van der Waals surface area contributed by atoms with Crippen LogP contribution in [0.2, 0.25) is 0 Å². The number of carboxylic acids is 1. The summed E-state index contributed by atoms with van der Waals surface area (Å²) >= 11 is 0. The predicted octanol–water partition coefficient (Wildman–Crippen LogP) is 1.88. The largest absolute Gasteiger partial charge is 0.481 e. The van der Waals surface area contributed by atoms with E-state index in [-0.39, 0.29) is 12.0 Å². The first kappa shape index (κ1) is 12.4. The Balaban J connectivity index is 1.75. The predicted molar refractivity (Wildman–Crippen MR) is 67.5 cm³/mol. The summed E-state index contributed by atoms with van der Waals surface area (Å²) in [6.45, 7) is 1.71. The summed E-state index contributed by atoms with van der Waals surface area (Å²) in [7, 11) is 0. The molecular weight excluding hydrogens is 230 g/mol. The summed E-state index contributed by atoms with van der Waals surface area (Å²) in [4.78, 5) is 13.8. The molecule has 102 valence electrons. The highest BCUT2D eigenvalue weighted by Gasteiger charge is 2.43. The van der Waals surface area contributed by atoms with Crippen molar-refractivity contribution in [1.82, 2.24) is 4.90 Å². The van der Waals surface area contributed by atoms with Crippen LogP contribution >= 0.6 is 0 Å². The molecule has 0 bridgehead atoms. The summed E-state index contributed by atoms with van der Waals surface area (Å²) < 4.78 is 5.88. The Kier molecular flexibility index (Phi) is 3.57. The lowest BCUT2D eigenvalue weighted by atomic mass is 9.87. The number of hydrogen-bond acceptors (Lipinski definition) is 3. The first-order valence-electron chi connectivity index (χ1n) is 7.37. The molecule has 4 atom stereocenters. The average molecular weight is 253 g/mol. The molecule has 18 heavy (non-hydrogen) atoms. The molecule has 0 aromatic carbocycles. The van der Waals surface area contributed by atoms with E-state index in [1.807, 2.05) is 0 Å². The van der Waals surface area contributed by atoms with Crippen molar-refractivity contribution < 1.29 is 14.6 Å². The van der Waals surface area contributed by atoms with Gasteiger partial charge in [0.2, 0.25) is 0 Å². The lowest BCUT2D eigenvalue weighted by molar-refractivity contribution is -0.148. The zero-order valence-corrected chi connectivity index (χ0v) is 10.9. The topological polar surface area (TPSA) is 49.8 Å². The van der Waals surface area contributed by atoms with Crippen LogP contribution < -0.4 is 0 Å². The van der Waals surface area contributed by atoms with E-state index in [0.29, 0.717) is 12.1 Å². The fourth-order valence-electron chi connectivity index (χ4n) is 4.16. The Hall–Kier alpha value is -0.610. The van der Waals surface area contributed by atoms with Crippen molar-refractivity contribution in [1.29, 1.82) is 0 Å². The van der Waals surface area contributed by atoms with Crippen LogP contribution in [-0.4, -0.2) is 47.3 Å². The first-order chi connectivity index (χ1) is 8.77. The minimum atomic E-state index is -0.601. The second kappa shape index (κ2) is 5.17. The SMILES string of the molecule is O=C(O)C1CCCC1N1CCOC2CCCCC21. The second-order valence-electron chi connectivity index (χ2n) is 5.94. The Morgan fingerprint density at radius 3 is 2.67 bits per heavy atom. The van der Waals surface area contributed by atoms with E-state index < -0.39 is 5.97 Å². The van der Waals surface area contributed by atoms with Gasteiger partial charge in [-0.1, -0.05) is 19.3 Å². The Bertz CT molecular complexity index is 318. The summed E-state index contributed by atoms with van der Waals surface area (Å²) in [6, 6.07) is 0.745. The van der Waals surface area contributed by atoms with Gasteiger partial charge >= 0.3 is 5.97 Å². The molecule has 1 saturated heterocycles. The minimum Gasteiger partial charge on any atom is -0.481 e. The van der Waals surface area contributed by atoms with Crippen molar-refractivity contribution in [2.75, 3.05) is 13.2 Å². The van der Waals surface area contributed by atoms with Gasteiger partial charge in [-0.25, -0.2) is 0 Å². The number of fused-ring (bicyclic) bond motifs is 1. The average Bonchev–Trinajstić information content (AvgIpc) is 2.87.